The van der Waals surface area contributed by atoms with Crippen LogP contribution < -0.4 is 10.1 Å². The number of nitrogens with zero attached hydrogens (tertiary/aromatic N) is 1. The number of benzene rings is 1. The van der Waals surface area contributed by atoms with Crippen LogP contribution in [0.4, 0.5) is 5.69 Å². The van der Waals surface area contributed by atoms with E-state index in [0.717, 1.165) is 30.9 Å². The first-order valence-electron chi connectivity index (χ1n) is 6.76. The number of rotatable bonds is 4. The smallest absolute Gasteiger partial charge is 0.224 e. The summed E-state index contributed by atoms with van der Waals surface area (Å²) < 4.78 is 5.47. The topological polar surface area (TPSA) is 51.2 Å². The van der Waals surface area contributed by atoms with Crippen molar-refractivity contribution in [2.75, 3.05) is 11.9 Å². The summed E-state index contributed by atoms with van der Waals surface area (Å²) in [5.41, 5.74) is 3.16. The molecule has 1 aromatic heterocycles. The molecule has 20 heavy (non-hydrogen) atoms. The molecule has 1 aliphatic heterocycles. The number of fused-ring (bicyclic) bond motifs is 1. The Morgan fingerprint density at radius 1 is 1.35 bits per heavy atom. The standard InChI is InChI=1S/C16H16N2O2/c19-16(18-14-2-1-8-17-11-14)6-4-12-3-5-15-13(10-12)7-9-20-15/h1-3,5,8,10-11H,4,6-7,9H2,(H,18,19). The van der Waals surface area contributed by atoms with E-state index in [4.69, 9.17) is 4.74 Å². The van der Waals surface area contributed by atoms with Crippen molar-refractivity contribution in [3.05, 3.63) is 53.9 Å². The molecule has 2 heterocycles. The van der Waals surface area contributed by atoms with Gasteiger partial charge in [-0.25, -0.2) is 0 Å². The molecule has 0 fully saturated rings. The maximum atomic E-state index is 11.9. The molecule has 0 unspecified atom stereocenters. The summed E-state index contributed by atoms with van der Waals surface area (Å²) in [7, 11) is 0. The zero-order chi connectivity index (χ0) is 13.8. The van der Waals surface area contributed by atoms with E-state index in [1.165, 1.54) is 11.1 Å². The maximum absolute atomic E-state index is 11.9. The van der Waals surface area contributed by atoms with E-state index in [1.807, 2.05) is 18.2 Å². The number of carbonyl (C=O) groups excluding carboxylic acids is 1. The fourth-order valence-corrected chi connectivity index (χ4v) is 2.31. The highest BCUT2D eigenvalue weighted by atomic mass is 16.5. The normalized spacial score (nSPS) is 12.6. The van der Waals surface area contributed by atoms with Crippen LogP contribution in [0.5, 0.6) is 5.75 Å². The van der Waals surface area contributed by atoms with Gasteiger partial charge in [0.05, 0.1) is 18.5 Å². The van der Waals surface area contributed by atoms with Crippen molar-refractivity contribution < 1.29 is 9.53 Å². The minimum absolute atomic E-state index is 0.00903. The van der Waals surface area contributed by atoms with Crippen molar-refractivity contribution in [3.63, 3.8) is 0 Å². The first kappa shape index (κ1) is 12.7. The van der Waals surface area contributed by atoms with Gasteiger partial charge in [0.15, 0.2) is 0 Å². The number of ether oxygens (including phenoxy) is 1. The Labute approximate surface area is 117 Å². The molecule has 102 valence electrons. The summed E-state index contributed by atoms with van der Waals surface area (Å²) in [6.07, 6.45) is 5.49. The van der Waals surface area contributed by atoms with Crippen LogP contribution in [0.15, 0.2) is 42.7 Å². The molecule has 1 N–H and O–H groups in total. The number of hydrogen-bond acceptors (Lipinski definition) is 3. The molecular weight excluding hydrogens is 252 g/mol. The molecule has 1 amide bonds. The highest BCUT2D eigenvalue weighted by Crippen LogP contribution is 2.26. The van der Waals surface area contributed by atoms with Gasteiger partial charge in [-0.05, 0) is 35.7 Å². The SMILES string of the molecule is O=C(CCc1ccc2c(c1)CCO2)Nc1cccnc1. The van der Waals surface area contributed by atoms with E-state index in [-0.39, 0.29) is 5.91 Å². The van der Waals surface area contributed by atoms with E-state index >= 15 is 0 Å². The highest BCUT2D eigenvalue weighted by molar-refractivity contribution is 5.90. The van der Waals surface area contributed by atoms with Crippen LogP contribution in [0.3, 0.4) is 0 Å². The Balaban J connectivity index is 1.55. The van der Waals surface area contributed by atoms with Crippen LogP contribution >= 0.6 is 0 Å². The quantitative estimate of drug-likeness (QED) is 0.927. The number of aromatic nitrogens is 1. The number of aryl methyl sites for hydroxylation is 1. The summed E-state index contributed by atoms with van der Waals surface area (Å²) in [6.45, 7) is 0.764. The summed E-state index contributed by atoms with van der Waals surface area (Å²) in [6, 6.07) is 9.80. The Morgan fingerprint density at radius 3 is 3.15 bits per heavy atom. The number of anilines is 1. The van der Waals surface area contributed by atoms with Gasteiger partial charge < -0.3 is 10.1 Å². The Bertz CT molecular complexity index is 611. The third kappa shape index (κ3) is 2.96. The molecule has 0 saturated heterocycles. The second-order valence-corrected chi connectivity index (χ2v) is 4.83. The number of pyridine rings is 1. The minimum Gasteiger partial charge on any atom is -0.493 e. The average molecular weight is 268 g/mol. The van der Waals surface area contributed by atoms with Crippen LogP contribution in [0.25, 0.3) is 0 Å². The molecule has 4 nitrogen and oxygen atoms in total. The van der Waals surface area contributed by atoms with Crippen LogP contribution in [0, 0.1) is 0 Å². The predicted octanol–water partition coefficient (Wildman–Crippen LogP) is 2.59. The maximum Gasteiger partial charge on any atom is 0.224 e. The largest absolute Gasteiger partial charge is 0.493 e. The zero-order valence-corrected chi connectivity index (χ0v) is 11.1. The predicted molar refractivity (Wildman–Crippen MR) is 76.8 cm³/mol. The summed E-state index contributed by atoms with van der Waals surface area (Å²) >= 11 is 0. The van der Waals surface area contributed by atoms with Crippen molar-refractivity contribution >= 4 is 11.6 Å². The van der Waals surface area contributed by atoms with Crippen molar-refractivity contribution in [3.8, 4) is 5.75 Å². The second kappa shape index (κ2) is 5.74. The van der Waals surface area contributed by atoms with Gasteiger partial charge in [-0.3, -0.25) is 9.78 Å². The third-order valence-electron chi connectivity index (χ3n) is 3.34. The molecule has 3 rings (SSSR count). The lowest BCUT2D eigenvalue weighted by Gasteiger charge is -2.06. The molecular formula is C16H16N2O2. The fraction of sp³-hybridized carbons (Fsp3) is 0.250. The van der Waals surface area contributed by atoms with E-state index in [0.29, 0.717) is 6.42 Å². The molecule has 0 aliphatic carbocycles. The highest BCUT2D eigenvalue weighted by Gasteiger charge is 2.12. The molecule has 0 saturated carbocycles. The minimum atomic E-state index is 0.00903. The van der Waals surface area contributed by atoms with Gasteiger partial charge in [-0.2, -0.15) is 0 Å². The van der Waals surface area contributed by atoms with Crippen molar-refractivity contribution in [1.29, 1.82) is 0 Å². The number of carbonyl (C=O) groups is 1. The lowest BCUT2D eigenvalue weighted by Crippen LogP contribution is -2.12. The van der Waals surface area contributed by atoms with Gasteiger partial charge >= 0.3 is 0 Å². The van der Waals surface area contributed by atoms with Gasteiger partial charge in [-0.1, -0.05) is 12.1 Å². The van der Waals surface area contributed by atoms with Gasteiger partial charge in [0.1, 0.15) is 5.75 Å². The fourth-order valence-electron chi connectivity index (χ4n) is 2.31. The Morgan fingerprint density at radius 2 is 2.30 bits per heavy atom. The van der Waals surface area contributed by atoms with E-state index < -0.39 is 0 Å². The van der Waals surface area contributed by atoms with Gasteiger partial charge in [0.25, 0.3) is 0 Å². The van der Waals surface area contributed by atoms with Crippen molar-refractivity contribution in [2.24, 2.45) is 0 Å². The average Bonchev–Trinajstić information content (AvgIpc) is 2.93. The van der Waals surface area contributed by atoms with Gasteiger partial charge in [-0.15, -0.1) is 0 Å². The number of nitrogens with one attached hydrogen (secondary N) is 1. The zero-order valence-electron chi connectivity index (χ0n) is 11.1. The first-order valence-corrected chi connectivity index (χ1v) is 6.76. The lowest BCUT2D eigenvalue weighted by atomic mass is 10.0. The summed E-state index contributed by atoms with van der Waals surface area (Å²) in [5, 5.41) is 2.84. The van der Waals surface area contributed by atoms with Crippen LogP contribution in [0.1, 0.15) is 17.5 Å². The number of hydrogen-bond donors (Lipinski definition) is 1. The third-order valence-corrected chi connectivity index (χ3v) is 3.34. The lowest BCUT2D eigenvalue weighted by molar-refractivity contribution is -0.116. The number of amides is 1. The van der Waals surface area contributed by atoms with Crippen molar-refractivity contribution in [2.45, 2.75) is 19.3 Å². The van der Waals surface area contributed by atoms with Crippen LogP contribution in [-0.2, 0) is 17.6 Å². The van der Waals surface area contributed by atoms with Crippen LogP contribution in [-0.4, -0.2) is 17.5 Å². The molecule has 0 spiro atoms. The molecule has 4 heteroatoms. The Hall–Kier alpha value is -2.36. The Kier molecular flexibility index (Phi) is 3.63. The molecule has 1 aromatic carbocycles. The molecule has 1 aliphatic rings. The van der Waals surface area contributed by atoms with E-state index in [9.17, 15) is 4.79 Å². The van der Waals surface area contributed by atoms with E-state index in [2.05, 4.69) is 16.4 Å². The summed E-state index contributed by atoms with van der Waals surface area (Å²) in [4.78, 5) is 15.8. The molecule has 0 radical (unpaired) electrons. The monoisotopic (exact) mass is 268 g/mol. The van der Waals surface area contributed by atoms with Gasteiger partial charge in [0.2, 0.25) is 5.91 Å². The summed E-state index contributed by atoms with van der Waals surface area (Å²) in [5.74, 6) is 0.989. The van der Waals surface area contributed by atoms with Crippen LogP contribution in [0.2, 0.25) is 0 Å². The molecule has 2 aromatic rings. The van der Waals surface area contributed by atoms with Gasteiger partial charge in [0, 0.05) is 19.0 Å². The van der Waals surface area contributed by atoms with E-state index in [1.54, 1.807) is 18.5 Å². The second-order valence-electron chi connectivity index (χ2n) is 4.83. The molecule has 0 atom stereocenters. The first-order chi connectivity index (χ1) is 9.81. The molecule has 0 bridgehead atoms. The van der Waals surface area contributed by atoms with Crippen molar-refractivity contribution in [1.82, 2.24) is 4.98 Å².